The van der Waals surface area contributed by atoms with E-state index < -0.39 is 0 Å². The predicted octanol–water partition coefficient (Wildman–Crippen LogP) is 1.02. The Morgan fingerprint density at radius 3 is 1.92 bits per heavy atom. The van der Waals surface area contributed by atoms with E-state index in [1.54, 1.807) is 0 Å². The van der Waals surface area contributed by atoms with Gasteiger partial charge < -0.3 is 0 Å². The van der Waals surface area contributed by atoms with Gasteiger partial charge in [0.1, 0.15) is 5.71 Å². The first-order chi connectivity index (χ1) is 6.25. The molecular formula is C10H13NO2. The minimum atomic E-state index is -0.0278. The van der Waals surface area contributed by atoms with Crippen LogP contribution in [0.3, 0.4) is 0 Å². The molecule has 0 bridgehead atoms. The molecule has 0 amide bonds. The summed E-state index contributed by atoms with van der Waals surface area (Å²) >= 11 is 0. The van der Waals surface area contributed by atoms with E-state index in [1.807, 2.05) is 0 Å². The van der Waals surface area contributed by atoms with Crippen LogP contribution in [-0.4, -0.2) is 24.3 Å². The van der Waals surface area contributed by atoms with Gasteiger partial charge in [-0.15, -0.1) is 0 Å². The molecule has 2 atom stereocenters. The molecule has 0 aliphatic heterocycles. The summed E-state index contributed by atoms with van der Waals surface area (Å²) in [6, 6.07) is 0. The molecule has 0 saturated heterocycles. The van der Waals surface area contributed by atoms with Gasteiger partial charge in [-0.3, -0.25) is 14.6 Å². The quantitative estimate of drug-likeness (QED) is 0.557. The summed E-state index contributed by atoms with van der Waals surface area (Å²) in [7, 11) is 1.53. The van der Waals surface area contributed by atoms with Crippen LogP contribution in [0.4, 0.5) is 0 Å². The second-order valence-corrected chi connectivity index (χ2v) is 3.80. The van der Waals surface area contributed by atoms with E-state index in [4.69, 9.17) is 0 Å². The number of Topliss-reactive ketones (excluding diaryl/α,β-unsaturated/α-hetero) is 2. The molecule has 2 aliphatic carbocycles. The van der Waals surface area contributed by atoms with E-state index in [0.717, 1.165) is 25.7 Å². The Bertz CT molecular complexity index is 267. The highest BCUT2D eigenvalue weighted by molar-refractivity contribution is 6.70. The first-order valence-electron chi connectivity index (χ1n) is 4.81. The van der Waals surface area contributed by atoms with Crippen molar-refractivity contribution in [3.05, 3.63) is 0 Å². The number of ketones is 2. The fourth-order valence-corrected chi connectivity index (χ4v) is 2.45. The summed E-state index contributed by atoms with van der Waals surface area (Å²) in [5, 5.41) is 0. The highest BCUT2D eigenvalue weighted by atomic mass is 16.2. The second kappa shape index (κ2) is 3.05. The van der Waals surface area contributed by atoms with Gasteiger partial charge >= 0.3 is 0 Å². The van der Waals surface area contributed by atoms with Crippen molar-refractivity contribution in [1.82, 2.24) is 0 Å². The van der Waals surface area contributed by atoms with Crippen LogP contribution in [0.5, 0.6) is 0 Å². The molecule has 3 heteroatoms. The zero-order valence-corrected chi connectivity index (χ0v) is 7.75. The van der Waals surface area contributed by atoms with Crippen LogP contribution in [-0.2, 0) is 9.59 Å². The van der Waals surface area contributed by atoms with Crippen LogP contribution in [0, 0.1) is 11.8 Å². The van der Waals surface area contributed by atoms with Crippen molar-refractivity contribution in [1.29, 1.82) is 0 Å². The lowest BCUT2D eigenvalue weighted by molar-refractivity contribution is -0.120. The Morgan fingerprint density at radius 1 is 1.08 bits per heavy atom. The summed E-state index contributed by atoms with van der Waals surface area (Å²) in [6.07, 6.45) is 3.93. The van der Waals surface area contributed by atoms with Crippen molar-refractivity contribution in [2.45, 2.75) is 25.7 Å². The largest absolute Gasteiger partial charge is 0.292 e. The maximum atomic E-state index is 11.6. The van der Waals surface area contributed by atoms with Gasteiger partial charge in [0.2, 0.25) is 0 Å². The van der Waals surface area contributed by atoms with Gasteiger partial charge in [-0.1, -0.05) is 12.8 Å². The molecule has 0 heterocycles. The van der Waals surface area contributed by atoms with Crippen molar-refractivity contribution in [3.8, 4) is 0 Å². The van der Waals surface area contributed by atoms with E-state index in [0.29, 0.717) is 0 Å². The zero-order valence-electron chi connectivity index (χ0n) is 7.75. The molecule has 2 saturated carbocycles. The monoisotopic (exact) mass is 179 g/mol. The number of aliphatic imine (C=N–C) groups is 1. The van der Waals surface area contributed by atoms with Gasteiger partial charge in [-0.25, -0.2) is 0 Å². The second-order valence-electron chi connectivity index (χ2n) is 3.80. The maximum Gasteiger partial charge on any atom is 0.188 e. The number of carbonyl (C=O) groups excluding carboxylic acids is 2. The molecule has 0 N–H and O–H groups in total. The third-order valence-corrected chi connectivity index (χ3v) is 3.13. The molecule has 70 valence electrons. The third-order valence-electron chi connectivity index (χ3n) is 3.13. The molecule has 2 rings (SSSR count). The number of nitrogens with zero attached hydrogens (tertiary/aromatic N) is 1. The Morgan fingerprint density at radius 2 is 1.54 bits per heavy atom. The highest BCUT2D eigenvalue weighted by Gasteiger charge is 2.46. The van der Waals surface area contributed by atoms with Crippen LogP contribution >= 0.6 is 0 Å². The van der Waals surface area contributed by atoms with E-state index in [9.17, 15) is 9.59 Å². The topological polar surface area (TPSA) is 46.5 Å². The standard InChI is InChI=1S/C10H13NO2/c1-11-8-9(12)6-4-2-3-5-7(6)10(8)13/h6-7H,2-5H2,1H3. The van der Waals surface area contributed by atoms with Crippen molar-refractivity contribution in [3.63, 3.8) is 0 Å². The molecular weight excluding hydrogens is 166 g/mol. The molecule has 0 radical (unpaired) electrons. The van der Waals surface area contributed by atoms with E-state index in [-0.39, 0.29) is 29.1 Å². The smallest absolute Gasteiger partial charge is 0.188 e. The molecule has 2 fully saturated rings. The molecule has 0 aromatic heterocycles. The van der Waals surface area contributed by atoms with Crippen molar-refractivity contribution < 1.29 is 9.59 Å². The Hall–Kier alpha value is -0.990. The molecule has 2 aliphatic rings. The minimum Gasteiger partial charge on any atom is -0.292 e. The summed E-state index contributed by atoms with van der Waals surface area (Å²) in [5.41, 5.74) is 0.219. The van der Waals surface area contributed by atoms with Crippen molar-refractivity contribution >= 4 is 17.3 Å². The van der Waals surface area contributed by atoms with Crippen molar-refractivity contribution in [2.24, 2.45) is 16.8 Å². The van der Waals surface area contributed by atoms with E-state index in [1.165, 1.54) is 7.05 Å². The van der Waals surface area contributed by atoms with Gasteiger partial charge in [-0.05, 0) is 12.8 Å². The summed E-state index contributed by atoms with van der Waals surface area (Å²) in [5.74, 6) is -0.0608. The zero-order chi connectivity index (χ0) is 9.42. The van der Waals surface area contributed by atoms with Gasteiger partial charge in [-0.2, -0.15) is 0 Å². The van der Waals surface area contributed by atoms with Crippen LogP contribution in [0.2, 0.25) is 0 Å². The summed E-state index contributed by atoms with van der Waals surface area (Å²) < 4.78 is 0. The van der Waals surface area contributed by atoms with Crippen LogP contribution in [0.1, 0.15) is 25.7 Å². The first kappa shape index (κ1) is 8.60. The molecule has 13 heavy (non-hydrogen) atoms. The number of hydrogen-bond acceptors (Lipinski definition) is 3. The number of fused-ring (bicyclic) bond motifs is 1. The average molecular weight is 179 g/mol. The van der Waals surface area contributed by atoms with Gasteiger partial charge in [0, 0.05) is 18.9 Å². The molecule has 3 nitrogen and oxygen atoms in total. The van der Waals surface area contributed by atoms with E-state index in [2.05, 4.69) is 4.99 Å². The van der Waals surface area contributed by atoms with Gasteiger partial charge in [0.15, 0.2) is 11.6 Å². The van der Waals surface area contributed by atoms with Crippen molar-refractivity contribution in [2.75, 3.05) is 7.05 Å². The number of rotatable bonds is 0. The lowest BCUT2D eigenvalue weighted by Gasteiger charge is -2.20. The molecule has 0 aromatic rings. The third kappa shape index (κ3) is 1.14. The Labute approximate surface area is 77.2 Å². The fourth-order valence-electron chi connectivity index (χ4n) is 2.45. The number of hydrogen-bond donors (Lipinski definition) is 0. The SMILES string of the molecule is CN=C1C(=O)C2CCCCC2C1=O. The molecule has 2 unspecified atom stereocenters. The normalized spacial score (nSPS) is 33.5. The van der Waals surface area contributed by atoms with Crippen LogP contribution in [0.25, 0.3) is 0 Å². The highest BCUT2D eigenvalue weighted by Crippen LogP contribution is 2.36. The van der Waals surface area contributed by atoms with Gasteiger partial charge in [0.25, 0.3) is 0 Å². The fraction of sp³-hybridized carbons (Fsp3) is 0.700. The molecule has 0 spiro atoms. The number of carbonyl (C=O) groups is 2. The maximum absolute atomic E-state index is 11.6. The van der Waals surface area contributed by atoms with Crippen LogP contribution in [0.15, 0.2) is 4.99 Å². The lowest BCUT2D eigenvalue weighted by atomic mass is 9.81. The average Bonchev–Trinajstić information content (AvgIpc) is 2.41. The summed E-state index contributed by atoms with van der Waals surface area (Å²) in [4.78, 5) is 27.1. The van der Waals surface area contributed by atoms with E-state index >= 15 is 0 Å². The molecule has 0 aromatic carbocycles. The Kier molecular flexibility index (Phi) is 2.02. The summed E-state index contributed by atoms with van der Waals surface area (Å²) in [6.45, 7) is 0. The van der Waals surface area contributed by atoms with Crippen LogP contribution < -0.4 is 0 Å². The lowest BCUT2D eigenvalue weighted by Crippen LogP contribution is -2.21. The Balaban J connectivity index is 2.33. The first-order valence-corrected chi connectivity index (χ1v) is 4.81. The predicted molar refractivity (Wildman–Crippen MR) is 48.8 cm³/mol. The minimum absolute atomic E-state index is 0.00259. The van der Waals surface area contributed by atoms with Gasteiger partial charge in [0.05, 0.1) is 0 Å².